The Labute approximate surface area is 233 Å². The average Bonchev–Trinajstić information content (AvgIpc) is 3.73. The largest absolute Gasteiger partial charge is 0.494 e. The number of carbonyl (C=O) groups is 4. The van der Waals surface area contributed by atoms with E-state index in [0.29, 0.717) is 16.9 Å². The number of hydrogen-bond donors (Lipinski definition) is 4. The fourth-order valence-corrected chi connectivity index (χ4v) is 4.31. The summed E-state index contributed by atoms with van der Waals surface area (Å²) in [5.74, 6) is -1.47. The van der Waals surface area contributed by atoms with Crippen molar-refractivity contribution in [3.63, 3.8) is 0 Å². The predicted octanol–water partition coefficient (Wildman–Crippen LogP) is 0.909. The first kappa shape index (κ1) is 23.1. The third-order valence-corrected chi connectivity index (χ3v) is 6.46. The first-order valence-electron chi connectivity index (χ1n) is 13.9. The van der Waals surface area contributed by atoms with Gasteiger partial charge in [0.15, 0.2) is 23.0 Å². The molecular weight excluding hydrogens is 518 g/mol. The van der Waals surface area contributed by atoms with Gasteiger partial charge >= 0.3 is 0 Å². The lowest BCUT2D eigenvalue weighted by Crippen LogP contribution is -2.50. The van der Waals surface area contributed by atoms with Gasteiger partial charge in [0.25, 0.3) is 11.8 Å². The average molecular weight is 551 g/mol. The Morgan fingerprint density at radius 1 is 1.18 bits per heavy atom. The van der Waals surface area contributed by atoms with Crippen molar-refractivity contribution in [3.05, 3.63) is 41.7 Å². The highest BCUT2D eigenvalue weighted by atomic mass is 16.5. The van der Waals surface area contributed by atoms with Gasteiger partial charge < -0.3 is 25.6 Å². The SMILES string of the molecule is [2H]C([2H])([2H])NC(=O)c1nnc(NC(=O)C2CC2)cc1Nc1cccc(-c2cc(C(=O)N3CNCC(=O)C3)n(C)n2)c1OC. The summed E-state index contributed by atoms with van der Waals surface area (Å²) in [6, 6.07) is 8.02. The Balaban J connectivity index is 1.48. The molecule has 4 N–H and O–H groups in total. The minimum absolute atomic E-state index is 0.00414. The molecule has 0 spiro atoms. The molecule has 3 amide bonds. The van der Waals surface area contributed by atoms with E-state index in [9.17, 15) is 19.2 Å². The molecule has 1 aliphatic carbocycles. The van der Waals surface area contributed by atoms with Crippen molar-refractivity contribution in [2.75, 3.05) is 44.5 Å². The van der Waals surface area contributed by atoms with Crippen LogP contribution in [-0.4, -0.2) is 82.2 Å². The molecular formula is C26H29N9O5. The van der Waals surface area contributed by atoms with E-state index in [1.54, 1.807) is 31.3 Å². The number of hydrogen-bond acceptors (Lipinski definition) is 10. The van der Waals surface area contributed by atoms with Gasteiger partial charge in [-0.25, -0.2) is 0 Å². The second-order valence-electron chi connectivity index (χ2n) is 9.39. The fourth-order valence-electron chi connectivity index (χ4n) is 4.31. The molecule has 0 atom stereocenters. The standard InChI is InChI=1S/C26H29N9O5/c1-27-25(38)22-19(10-21(31-32-22)30-24(37)14-7-8-14)29-17-6-4-5-16(23(17)40-3)18-9-20(34(2)33-18)26(39)35-12-15(36)11-28-13-35/h4-6,9-10,14,28H,7-8,11-13H2,1-3H3,(H,27,38)(H2,29,30,31,37)/i1D3. The van der Waals surface area contributed by atoms with Crippen LogP contribution >= 0.6 is 0 Å². The second-order valence-corrected chi connectivity index (χ2v) is 9.39. The Bertz CT molecular complexity index is 1600. The molecule has 1 saturated heterocycles. The highest BCUT2D eigenvalue weighted by molar-refractivity contribution is 6.00. The molecule has 2 aromatic heterocycles. The highest BCUT2D eigenvalue weighted by Crippen LogP contribution is 2.38. The molecule has 5 rings (SSSR count). The third-order valence-electron chi connectivity index (χ3n) is 6.46. The smallest absolute Gasteiger partial charge is 0.273 e. The number of ether oxygens (including phenoxy) is 1. The number of amides is 3. The van der Waals surface area contributed by atoms with Crippen LogP contribution in [0, 0.1) is 5.92 Å². The van der Waals surface area contributed by atoms with Crippen LogP contribution in [0.1, 0.15) is 37.9 Å². The van der Waals surface area contributed by atoms with Crippen LogP contribution in [0.3, 0.4) is 0 Å². The van der Waals surface area contributed by atoms with E-state index >= 15 is 0 Å². The molecule has 208 valence electrons. The number of benzene rings is 1. The summed E-state index contributed by atoms with van der Waals surface area (Å²) in [6.07, 6.45) is 1.53. The van der Waals surface area contributed by atoms with E-state index in [2.05, 4.69) is 31.2 Å². The van der Waals surface area contributed by atoms with Crippen molar-refractivity contribution in [2.45, 2.75) is 12.8 Å². The summed E-state index contributed by atoms with van der Waals surface area (Å²) in [7, 11) is 3.04. The lowest BCUT2D eigenvalue weighted by atomic mass is 10.1. The van der Waals surface area contributed by atoms with E-state index < -0.39 is 12.9 Å². The molecule has 1 aromatic carbocycles. The van der Waals surface area contributed by atoms with Crippen molar-refractivity contribution in [1.29, 1.82) is 0 Å². The topological polar surface area (TPSA) is 172 Å². The zero-order valence-electron chi connectivity index (χ0n) is 24.8. The van der Waals surface area contributed by atoms with Gasteiger partial charge in [-0.15, -0.1) is 10.2 Å². The minimum Gasteiger partial charge on any atom is -0.494 e. The molecule has 3 heterocycles. The Morgan fingerprint density at radius 3 is 2.73 bits per heavy atom. The number of nitrogens with one attached hydrogen (secondary N) is 4. The molecule has 3 aromatic rings. The van der Waals surface area contributed by atoms with Gasteiger partial charge in [-0.2, -0.15) is 5.10 Å². The molecule has 0 bridgehead atoms. The maximum Gasteiger partial charge on any atom is 0.273 e. The number of rotatable bonds is 8. The summed E-state index contributed by atoms with van der Waals surface area (Å²) in [5, 5.41) is 22.8. The number of aryl methyl sites for hydroxylation is 1. The highest BCUT2D eigenvalue weighted by Gasteiger charge is 2.30. The van der Waals surface area contributed by atoms with Crippen molar-refractivity contribution < 1.29 is 28.0 Å². The molecule has 2 fully saturated rings. The van der Waals surface area contributed by atoms with Gasteiger partial charge in [-0.05, 0) is 31.0 Å². The Morgan fingerprint density at radius 2 is 2.00 bits per heavy atom. The minimum atomic E-state index is -2.78. The van der Waals surface area contributed by atoms with Crippen LogP contribution in [0.4, 0.5) is 17.2 Å². The summed E-state index contributed by atoms with van der Waals surface area (Å²) >= 11 is 0. The van der Waals surface area contributed by atoms with Crippen LogP contribution in [-0.2, 0) is 16.6 Å². The summed E-state index contributed by atoms with van der Waals surface area (Å²) in [5.41, 5.74) is 1.21. The zero-order valence-corrected chi connectivity index (χ0v) is 21.8. The van der Waals surface area contributed by atoms with E-state index in [0.717, 1.165) is 12.8 Å². The second kappa shape index (κ2) is 11.1. The van der Waals surface area contributed by atoms with Gasteiger partial charge in [0.05, 0.1) is 43.9 Å². The predicted molar refractivity (Wildman–Crippen MR) is 144 cm³/mol. The van der Waals surface area contributed by atoms with E-state index in [1.165, 1.54) is 22.8 Å². The van der Waals surface area contributed by atoms with Crippen molar-refractivity contribution in [2.24, 2.45) is 13.0 Å². The van der Waals surface area contributed by atoms with Gasteiger partial charge in [0, 0.05) is 35.7 Å². The molecule has 1 aliphatic heterocycles. The number of aromatic nitrogens is 4. The van der Waals surface area contributed by atoms with Crippen LogP contribution in [0.25, 0.3) is 11.3 Å². The van der Waals surface area contributed by atoms with Gasteiger partial charge in [-0.1, -0.05) is 6.07 Å². The first-order chi connectivity index (χ1) is 20.4. The molecule has 40 heavy (non-hydrogen) atoms. The quantitative estimate of drug-likeness (QED) is 0.316. The summed E-state index contributed by atoms with van der Waals surface area (Å²) in [4.78, 5) is 51.5. The summed E-state index contributed by atoms with van der Waals surface area (Å²) in [6.45, 7) is -2.35. The van der Waals surface area contributed by atoms with Gasteiger partial charge in [-0.3, -0.25) is 29.2 Å². The van der Waals surface area contributed by atoms with Crippen molar-refractivity contribution >= 4 is 40.7 Å². The maximum atomic E-state index is 13.1. The Kier molecular flexibility index (Phi) is 6.40. The molecule has 1 saturated carbocycles. The molecule has 14 heteroatoms. The van der Waals surface area contributed by atoms with Crippen LogP contribution in [0.5, 0.6) is 5.75 Å². The van der Waals surface area contributed by atoms with E-state index in [1.807, 2.05) is 5.32 Å². The normalized spacial score (nSPS) is 16.4. The summed E-state index contributed by atoms with van der Waals surface area (Å²) < 4.78 is 29.3. The van der Waals surface area contributed by atoms with Gasteiger partial charge in [0.2, 0.25) is 5.91 Å². The number of ketones is 1. The van der Waals surface area contributed by atoms with Crippen LogP contribution in [0.15, 0.2) is 30.3 Å². The maximum absolute atomic E-state index is 13.1. The number of Topliss-reactive ketones (excluding diaryl/α,β-unsaturated/α-hetero) is 1. The fraction of sp³-hybridized carbons (Fsp3) is 0.346. The van der Waals surface area contributed by atoms with Crippen molar-refractivity contribution in [3.8, 4) is 17.0 Å². The van der Waals surface area contributed by atoms with Crippen molar-refractivity contribution in [1.82, 2.24) is 35.5 Å². The number of para-hydroxylation sites is 1. The van der Waals surface area contributed by atoms with Crippen LogP contribution in [0.2, 0.25) is 0 Å². The lowest BCUT2D eigenvalue weighted by Gasteiger charge is -2.26. The third kappa shape index (κ3) is 5.47. The molecule has 0 radical (unpaired) electrons. The zero-order chi connectivity index (χ0) is 30.9. The molecule has 14 nitrogen and oxygen atoms in total. The van der Waals surface area contributed by atoms with E-state index in [4.69, 9.17) is 8.85 Å². The number of anilines is 3. The Hall–Kier alpha value is -4.85. The lowest BCUT2D eigenvalue weighted by molar-refractivity contribution is -0.120. The van der Waals surface area contributed by atoms with Crippen LogP contribution < -0.4 is 26.0 Å². The van der Waals surface area contributed by atoms with Gasteiger partial charge in [0.1, 0.15) is 5.69 Å². The molecule has 2 aliphatic rings. The monoisotopic (exact) mass is 550 g/mol. The first-order valence-corrected chi connectivity index (χ1v) is 12.4. The number of nitrogens with zero attached hydrogens (tertiary/aromatic N) is 5. The van der Waals surface area contributed by atoms with E-state index in [-0.39, 0.29) is 71.9 Å². The molecule has 0 unspecified atom stereocenters. The number of carbonyl (C=O) groups excluding carboxylic acids is 4. The number of methoxy groups -OCH3 is 1.